The van der Waals surface area contributed by atoms with E-state index in [1.54, 1.807) is 22.7 Å². The molecular formula is C58H58F2N10O4S4. The smallest absolute Gasteiger partial charge is 0.414 e. The molecule has 2 N–H and O–H groups in total. The van der Waals surface area contributed by atoms with Gasteiger partial charge in [-0.3, -0.25) is 0 Å². The van der Waals surface area contributed by atoms with Crippen LogP contribution < -0.4 is 0 Å². The number of piperidine rings is 2. The monoisotopic (exact) mass is 1120 g/mol. The Balaban J connectivity index is 0.000000160. The Bertz CT molecular complexity index is 3290. The van der Waals surface area contributed by atoms with Crippen LogP contribution in [0.3, 0.4) is 0 Å². The molecule has 12 rings (SSSR count). The molecule has 402 valence electrons. The maximum atomic E-state index is 13.4. The molecule has 0 unspecified atom stereocenters. The normalized spacial score (nSPS) is 14.6. The summed E-state index contributed by atoms with van der Waals surface area (Å²) in [7, 11) is 0. The predicted molar refractivity (Wildman–Crippen MR) is 308 cm³/mol. The van der Waals surface area contributed by atoms with Crippen LogP contribution in [0.1, 0.15) is 48.5 Å². The number of pyridine rings is 2. The molecule has 0 spiro atoms. The number of carboxylic acids is 2. The second-order valence-electron chi connectivity index (χ2n) is 19.4. The van der Waals surface area contributed by atoms with Gasteiger partial charge in [0.1, 0.15) is 44.0 Å². The lowest BCUT2D eigenvalue weighted by Gasteiger charge is -2.31. The minimum atomic E-state index is -1.82. The maximum Gasteiger partial charge on any atom is 0.414 e. The van der Waals surface area contributed by atoms with E-state index in [4.69, 9.17) is 29.8 Å². The number of thiazole rings is 2. The zero-order valence-corrected chi connectivity index (χ0v) is 46.0. The van der Waals surface area contributed by atoms with Crippen LogP contribution in [0.2, 0.25) is 0 Å². The Morgan fingerprint density at radius 2 is 0.897 bits per heavy atom. The number of nitrogens with zero attached hydrogens (tertiary/aromatic N) is 10. The summed E-state index contributed by atoms with van der Waals surface area (Å²) < 4.78 is 33.7. The molecule has 14 nitrogen and oxygen atoms in total. The van der Waals surface area contributed by atoms with E-state index in [-0.39, 0.29) is 11.6 Å². The Labute approximate surface area is 466 Å². The van der Waals surface area contributed by atoms with Crippen LogP contribution in [0.15, 0.2) is 142 Å². The van der Waals surface area contributed by atoms with Crippen molar-refractivity contribution in [2.45, 2.75) is 60.3 Å². The molecule has 78 heavy (non-hydrogen) atoms. The highest BCUT2D eigenvalue weighted by atomic mass is 32.2. The van der Waals surface area contributed by atoms with Crippen molar-refractivity contribution >= 4 is 101 Å². The van der Waals surface area contributed by atoms with Crippen molar-refractivity contribution in [2.24, 2.45) is 11.8 Å². The first-order valence-electron chi connectivity index (χ1n) is 26.0. The van der Waals surface area contributed by atoms with Crippen LogP contribution in [0.25, 0.3) is 42.8 Å². The summed E-state index contributed by atoms with van der Waals surface area (Å²) in [6, 6.07) is 38.2. The van der Waals surface area contributed by atoms with E-state index < -0.39 is 11.9 Å². The van der Waals surface area contributed by atoms with E-state index >= 15 is 0 Å². The van der Waals surface area contributed by atoms with Gasteiger partial charge in [-0.1, -0.05) is 94.7 Å². The van der Waals surface area contributed by atoms with E-state index in [2.05, 4.69) is 75.3 Å². The topological polar surface area (TPSA) is 168 Å². The number of thioether (sulfide) groups is 2. The number of fused-ring (bicyclic) bond motifs is 4. The fourth-order valence-electron chi connectivity index (χ4n) is 9.95. The highest BCUT2D eigenvalue weighted by Gasteiger charge is 2.24. The van der Waals surface area contributed by atoms with Gasteiger partial charge >= 0.3 is 11.9 Å². The molecule has 0 aliphatic carbocycles. The number of aliphatic carboxylic acids is 2. The van der Waals surface area contributed by atoms with Gasteiger partial charge in [0, 0.05) is 62.9 Å². The molecule has 0 atom stereocenters. The summed E-state index contributed by atoms with van der Waals surface area (Å²) in [4.78, 5) is 53.6. The number of carboxylic acid groups (broad SMARTS) is 2. The number of imidazole rings is 2. The Morgan fingerprint density at radius 3 is 1.28 bits per heavy atom. The average Bonchev–Trinajstić information content (AvgIpc) is 4.27. The summed E-state index contributed by atoms with van der Waals surface area (Å²) in [5.41, 5.74) is 8.55. The molecule has 0 amide bonds. The van der Waals surface area contributed by atoms with Gasteiger partial charge in [0.15, 0.2) is 8.68 Å². The van der Waals surface area contributed by atoms with Crippen molar-refractivity contribution in [1.82, 2.24) is 48.8 Å². The van der Waals surface area contributed by atoms with Gasteiger partial charge < -0.3 is 29.1 Å². The van der Waals surface area contributed by atoms with Gasteiger partial charge in [0.2, 0.25) is 0 Å². The highest BCUT2D eigenvalue weighted by molar-refractivity contribution is 8.01. The Morgan fingerprint density at radius 1 is 0.513 bits per heavy atom. The molecule has 4 aromatic carbocycles. The molecule has 2 aliphatic heterocycles. The summed E-state index contributed by atoms with van der Waals surface area (Å²) in [5.74, 6) is 1.60. The molecule has 8 heterocycles. The van der Waals surface area contributed by atoms with Crippen LogP contribution in [-0.4, -0.2) is 122 Å². The van der Waals surface area contributed by atoms with Crippen LogP contribution in [0.4, 0.5) is 8.78 Å². The number of halogens is 2. The number of carbonyl (C=O) groups is 2. The zero-order valence-electron chi connectivity index (χ0n) is 42.7. The summed E-state index contributed by atoms with van der Waals surface area (Å²) in [6.07, 6.45) is 10.4. The predicted octanol–water partition coefficient (Wildman–Crippen LogP) is 11.7. The van der Waals surface area contributed by atoms with E-state index in [0.29, 0.717) is 24.9 Å². The largest absolute Gasteiger partial charge is 0.473 e. The highest BCUT2D eigenvalue weighted by Crippen LogP contribution is 2.32. The third-order valence-electron chi connectivity index (χ3n) is 14.1. The Hall–Kier alpha value is -6.68. The third kappa shape index (κ3) is 14.5. The number of aromatic nitrogens is 8. The van der Waals surface area contributed by atoms with E-state index in [1.807, 2.05) is 96.6 Å². The summed E-state index contributed by atoms with van der Waals surface area (Å²) in [5, 5.41) is 14.8. The number of rotatable bonds is 16. The second-order valence-corrected chi connectivity index (χ2v) is 24.0. The van der Waals surface area contributed by atoms with Gasteiger partial charge in [-0.15, -0.1) is 0 Å². The second kappa shape index (κ2) is 26.3. The van der Waals surface area contributed by atoms with Crippen molar-refractivity contribution in [1.29, 1.82) is 0 Å². The van der Waals surface area contributed by atoms with Gasteiger partial charge in [0.25, 0.3) is 0 Å². The van der Waals surface area contributed by atoms with Crippen LogP contribution in [-0.2, 0) is 35.5 Å². The number of benzene rings is 4. The molecule has 20 heteroatoms. The number of para-hydroxylation sites is 4. The minimum absolute atomic E-state index is 0.197. The van der Waals surface area contributed by atoms with Gasteiger partial charge in [-0.2, -0.15) is 0 Å². The fraction of sp³-hybridized carbons (Fsp3) is 0.310. The number of hydrogen-bond acceptors (Lipinski definition) is 14. The molecule has 2 saturated heterocycles. The summed E-state index contributed by atoms with van der Waals surface area (Å²) in [6.45, 7) is 8.12. The molecular weight excluding hydrogens is 1070 g/mol. The SMILES string of the molecule is Fc1ccc(Cn2c(CC3CCN(CCSc4nc5cccnc5s4)CC3)nc3ccccc32)cc1.Fc1ccc(Cn2c(CC3CCN(CCSc4nc5cccnc5s4)CC3)nc3ccccc32)cc1.O=C(O)C(=O)O. The minimum Gasteiger partial charge on any atom is -0.473 e. The lowest BCUT2D eigenvalue weighted by Crippen LogP contribution is -2.36. The molecule has 2 aliphatic rings. The van der Waals surface area contributed by atoms with Crippen molar-refractivity contribution in [3.63, 3.8) is 0 Å². The first kappa shape index (κ1) is 54.7. The van der Waals surface area contributed by atoms with Crippen molar-refractivity contribution in [3.8, 4) is 0 Å². The van der Waals surface area contributed by atoms with Crippen molar-refractivity contribution < 1.29 is 28.6 Å². The van der Waals surface area contributed by atoms with Gasteiger partial charge in [-0.05, 0) is 148 Å². The molecule has 6 aromatic heterocycles. The molecule has 0 saturated carbocycles. The van der Waals surface area contributed by atoms with Crippen LogP contribution in [0, 0.1) is 23.5 Å². The van der Waals surface area contributed by atoms with Gasteiger partial charge in [0.05, 0.1) is 22.1 Å². The van der Waals surface area contributed by atoms with Crippen LogP contribution in [0.5, 0.6) is 0 Å². The Kier molecular flexibility index (Phi) is 18.4. The zero-order chi connectivity index (χ0) is 53.8. The molecule has 2 fully saturated rings. The van der Waals surface area contributed by atoms with Gasteiger partial charge in [-0.25, -0.2) is 48.3 Å². The standard InChI is InChI=1S/2C28H28FN5S2.C2H2O4/c2*29-22-9-7-21(8-10-22)19-34-25-6-2-1-4-23(25)31-26(34)18-20-11-14-33(15-12-20)16-17-35-28-32-24-5-3-13-30-27(24)36-28;3-1(4)2(5)6/h2*1-10,13,20H,11-12,14-19H2;(H,3,4)(H,5,6). The lowest BCUT2D eigenvalue weighted by atomic mass is 9.93. The van der Waals surface area contributed by atoms with E-state index in [0.717, 1.165) is 138 Å². The van der Waals surface area contributed by atoms with Crippen molar-refractivity contribution in [3.05, 3.63) is 168 Å². The van der Waals surface area contributed by atoms with E-state index in [9.17, 15) is 8.78 Å². The fourth-order valence-corrected chi connectivity index (χ4v) is 14.1. The maximum absolute atomic E-state index is 13.4. The number of hydrogen-bond donors (Lipinski definition) is 2. The molecule has 0 bridgehead atoms. The number of likely N-dealkylation sites (tertiary alicyclic amines) is 2. The van der Waals surface area contributed by atoms with Crippen LogP contribution >= 0.6 is 46.2 Å². The first-order valence-corrected chi connectivity index (χ1v) is 29.6. The summed E-state index contributed by atoms with van der Waals surface area (Å²) >= 11 is 7.04. The first-order chi connectivity index (χ1) is 38.1. The molecule has 10 aromatic rings. The third-order valence-corrected chi connectivity index (χ3v) is 18.3. The van der Waals surface area contributed by atoms with E-state index in [1.165, 1.54) is 49.9 Å². The van der Waals surface area contributed by atoms with Crippen molar-refractivity contribution in [2.75, 3.05) is 50.8 Å². The average molecular weight is 1130 g/mol. The molecule has 0 radical (unpaired) electrons. The lowest BCUT2D eigenvalue weighted by molar-refractivity contribution is -0.159. The quantitative estimate of drug-likeness (QED) is 0.0692.